The van der Waals surface area contributed by atoms with E-state index in [1.54, 1.807) is 6.92 Å². The highest BCUT2D eigenvalue weighted by atomic mass is 16.5. The van der Waals surface area contributed by atoms with Gasteiger partial charge in [-0.1, -0.05) is 69.3 Å². The Bertz CT molecular complexity index is 974. The van der Waals surface area contributed by atoms with E-state index in [4.69, 9.17) is 9.84 Å². The highest BCUT2D eigenvalue weighted by Gasteiger charge is 2.29. The summed E-state index contributed by atoms with van der Waals surface area (Å²) in [5.74, 6) is -1.36. The van der Waals surface area contributed by atoms with Crippen molar-refractivity contribution in [3.8, 4) is 11.1 Å². The van der Waals surface area contributed by atoms with Crippen molar-refractivity contribution in [3.63, 3.8) is 0 Å². The minimum absolute atomic E-state index is 0.0187. The molecule has 0 fully saturated rings. The topological polar surface area (TPSA) is 105 Å². The van der Waals surface area contributed by atoms with Gasteiger partial charge in [0.25, 0.3) is 0 Å². The molecule has 7 heteroatoms. The van der Waals surface area contributed by atoms with Crippen molar-refractivity contribution in [3.05, 3.63) is 59.7 Å². The summed E-state index contributed by atoms with van der Waals surface area (Å²) in [6, 6.07) is 16.3. The highest BCUT2D eigenvalue weighted by molar-refractivity contribution is 5.80. The van der Waals surface area contributed by atoms with E-state index in [9.17, 15) is 14.4 Å². The molecule has 2 amide bonds. The van der Waals surface area contributed by atoms with Crippen LogP contribution in [-0.4, -0.2) is 42.8 Å². The van der Waals surface area contributed by atoms with Gasteiger partial charge in [-0.15, -0.1) is 0 Å². The zero-order valence-electron chi connectivity index (χ0n) is 20.0. The van der Waals surface area contributed by atoms with E-state index in [2.05, 4.69) is 34.9 Å². The molecule has 0 spiro atoms. The van der Waals surface area contributed by atoms with Gasteiger partial charge < -0.3 is 20.5 Å². The van der Waals surface area contributed by atoms with Gasteiger partial charge in [0.15, 0.2) is 0 Å². The van der Waals surface area contributed by atoms with Crippen LogP contribution in [0.5, 0.6) is 0 Å². The number of nitrogens with one attached hydrogen (secondary N) is 2. The first-order valence-electron chi connectivity index (χ1n) is 11.8. The lowest BCUT2D eigenvalue weighted by atomic mass is 9.94. The first-order chi connectivity index (χ1) is 16.3. The predicted octanol–water partition coefficient (Wildman–Crippen LogP) is 4.41. The first kappa shape index (κ1) is 25.3. The third-order valence-corrected chi connectivity index (χ3v) is 6.18. The molecule has 0 saturated heterocycles. The smallest absolute Gasteiger partial charge is 0.407 e. The molecule has 34 heavy (non-hydrogen) atoms. The van der Waals surface area contributed by atoms with Crippen molar-refractivity contribution >= 4 is 18.0 Å². The van der Waals surface area contributed by atoms with Crippen LogP contribution in [0.15, 0.2) is 48.5 Å². The molecule has 3 N–H and O–H groups in total. The van der Waals surface area contributed by atoms with Crippen molar-refractivity contribution in [2.75, 3.05) is 19.7 Å². The lowest BCUT2D eigenvalue weighted by molar-refractivity contribution is -0.138. The lowest BCUT2D eigenvalue weighted by Crippen LogP contribution is -2.40. The minimum Gasteiger partial charge on any atom is -0.481 e. The number of aliphatic carboxylic acids is 1. The number of hydrogen-bond acceptors (Lipinski definition) is 4. The van der Waals surface area contributed by atoms with E-state index in [1.165, 1.54) is 0 Å². The Kier molecular flexibility index (Phi) is 8.68. The Hall–Kier alpha value is -3.35. The van der Waals surface area contributed by atoms with E-state index in [0.29, 0.717) is 12.5 Å². The maximum absolute atomic E-state index is 12.4. The van der Waals surface area contributed by atoms with Crippen LogP contribution in [0.4, 0.5) is 4.79 Å². The molecule has 1 aliphatic carbocycles. The number of carboxylic acids is 1. The molecule has 3 rings (SSSR count). The molecule has 2 aromatic carbocycles. The molecular formula is C27H34N2O5. The molecule has 2 atom stereocenters. The maximum Gasteiger partial charge on any atom is 0.407 e. The van der Waals surface area contributed by atoms with E-state index in [-0.39, 0.29) is 37.3 Å². The summed E-state index contributed by atoms with van der Waals surface area (Å²) in [6.07, 6.45) is 0.175. The van der Waals surface area contributed by atoms with Gasteiger partial charge >= 0.3 is 12.1 Å². The summed E-state index contributed by atoms with van der Waals surface area (Å²) >= 11 is 0. The zero-order chi connectivity index (χ0) is 24.7. The molecule has 0 aromatic heterocycles. The molecule has 0 aliphatic heterocycles. The average molecular weight is 467 g/mol. The molecule has 0 heterocycles. The number of ether oxygens (including phenoxy) is 1. The van der Waals surface area contributed by atoms with Crippen molar-refractivity contribution < 1.29 is 24.2 Å². The van der Waals surface area contributed by atoms with Crippen LogP contribution < -0.4 is 10.6 Å². The van der Waals surface area contributed by atoms with Crippen LogP contribution in [0, 0.1) is 17.8 Å². The van der Waals surface area contributed by atoms with Crippen molar-refractivity contribution in [1.29, 1.82) is 0 Å². The number of alkyl carbamates (subject to hydrolysis) is 1. The molecule has 1 aliphatic rings. The predicted molar refractivity (Wildman–Crippen MR) is 130 cm³/mol. The zero-order valence-corrected chi connectivity index (χ0v) is 20.0. The third kappa shape index (κ3) is 6.59. The minimum atomic E-state index is -0.870. The fraction of sp³-hybridized carbons (Fsp3) is 0.444. The standard InChI is InChI=1S/C27H34N2O5/c1-17(2)12-19(13-25(30)31)15-28-26(32)18(3)14-29-27(33)34-16-24-22-10-6-4-8-20(22)21-9-5-7-11-23(21)24/h4-11,17-19,24H,12-16H2,1-3H3,(H,28,32)(H,29,33)(H,30,31). The van der Waals surface area contributed by atoms with Gasteiger partial charge in [-0.25, -0.2) is 4.79 Å². The molecule has 0 saturated carbocycles. The summed E-state index contributed by atoms with van der Waals surface area (Å²) < 4.78 is 5.51. The monoisotopic (exact) mass is 466 g/mol. The van der Waals surface area contributed by atoms with Gasteiger partial charge in [-0.05, 0) is 40.5 Å². The molecule has 0 bridgehead atoms. The van der Waals surface area contributed by atoms with Gasteiger partial charge in [0.2, 0.25) is 5.91 Å². The van der Waals surface area contributed by atoms with Gasteiger partial charge in [0, 0.05) is 25.4 Å². The van der Waals surface area contributed by atoms with E-state index in [0.717, 1.165) is 28.7 Å². The molecule has 7 nitrogen and oxygen atoms in total. The highest BCUT2D eigenvalue weighted by Crippen LogP contribution is 2.44. The second kappa shape index (κ2) is 11.7. The van der Waals surface area contributed by atoms with E-state index in [1.807, 2.05) is 38.1 Å². The van der Waals surface area contributed by atoms with Gasteiger partial charge in [-0.3, -0.25) is 9.59 Å². The number of fused-ring (bicyclic) bond motifs is 3. The number of carbonyl (C=O) groups is 3. The SMILES string of the molecule is CC(C)CC(CNC(=O)C(C)CNC(=O)OCC1c2ccccc2-c2ccccc21)CC(=O)O. The Labute approximate surface area is 200 Å². The summed E-state index contributed by atoms with van der Waals surface area (Å²) in [5, 5.41) is 14.6. The number of benzene rings is 2. The van der Waals surface area contributed by atoms with Crippen LogP contribution in [-0.2, 0) is 14.3 Å². The summed E-state index contributed by atoms with van der Waals surface area (Å²) in [7, 11) is 0. The van der Waals surface area contributed by atoms with Crippen molar-refractivity contribution in [2.45, 2.75) is 39.5 Å². The second-order valence-electron chi connectivity index (χ2n) is 9.45. The molecule has 182 valence electrons. The normalized spacial score (nSPS) is 14.1. The number of amides is 2. The van der Waals surface area contributed by atoms with E-state index >= 15 is 0 Å². The fourth-order valence-electron chi connectivity index (χ4n) is 4.55. The van der Waals surface area contributed by atoms with Crippen LogP contribution in [0.25, 0.3) is 11.1 Å². The van der Waals surface area contributed by atoms with Gasteiger partial charge in [0.05, 0.1) is 5.92 Å². The number of rotatable bonds is 11. The first-order valence-corrected chi connectivity index (χ1v) is 11.8. The average Bonchev–Trinajstić information content (AvgIpc) is 3.12. The number of hydrogen-bond donors (Lipinski definition) is 3. The van der Waals surface area contributed by atoms with Gasteiger partial charge in [-0.2, -0.15) is 0 Å². The van der Waals surface area contributed by atoms with Gasteiger partial charge in [0.1, 0.15) is 6.61 Å². The Morgan fingerprint density at radius 2 is 1.50 bits per heavy atom. The number of carboxylic acid groups (broad SMARTS) is 1. The summed E-state index contributed by atoms with van der Waals surface area (Å²) in [5.41, 5.74) is 4.61. The maximum atomic E-state index is 12.4. The molecular weight excluding hydrogens is 432 g/mol. The third-order valence-electron chi connectivity index (χ3n) is 6.18. The van der Waals surface area contributed by atoms with Crippen molar-refractivity contribution in [2.24, 2.45) is 17.8 Å². The molecule has 2 aromatic rings. The van der Waals surface area contributed by atoms with Crippen LogP contribution in [0.1, 0.15) is 50.7 Å². The van der Waals surface area contributed by atoms with Crippen molar-refractivity contribution in [1.82, 2.24) is 10.6 Å². The summed E-state index contributed by atoms with van der Waals surface area (Å²) in [6.45, 7) is 6.42. The second-order valence-corrected chi connectivity index (χ2v) is 9.45. The van der Waals surface area contributed by atoms with Crippen LogP contribution >= 0.6 is 0 Å². The molecule has 0 radical (unpaired) electrons. The Balaban J connectivity index is 1.46. The molecule has 2 unspecified atom stereocenters. The summed E-state index contributed by atoms with van der Waals surface area (Å²) in [4.78, 5) is 35.8. The number of carbonyl (C=O) groups excluding carboxylic acids is 2. The van der Waals surface area contributed by atoms with E-state index < -0.39 is 18.0 Å². The fourth-order valence-corrected chi connectivity index (χ4v) is 4.55. The Morgan fingerprint density at radius 3 is 2.06 bits per heavy atom. The lowest BCUT2D eigenvalue weighted by Gasteiger charge is -2.20. The van der Waals surface area contributed by atoms with Crippen LogP contribution in [0.2, 0.25) is 0 Å². The largest absolute Gasteiger partial charge is 0.481 e. The van der Waals surface area contributed by atoms with Crippen LogP contribution in [0.3, 0.4) is 0 Å². The Morgan fingerprint density at radius 1 is 0.912 bits per heavy atom. The quantitative estimate of drug-likeness (QED) is 0.455.